The minimum atomic E-state index is 0.704. The van der Waals surface area contributed by atoms with Crippen LogP contribution in [0.1, 0.15) is 32.6 Å². The van der Waals surface area contributed by atoms with Gasteiger partial charge < -0.3 is 10.2 Å². The van der Waals surface area contributed by atoms with Gasteiger partial charge in [-0.2, -0.15) is 0 Å². The van der Waals surface area contributed by atoms with Crippen molar-refractivity contribution in [1.82, 2.24) is 10.2 Å². The van der Waals surface area contributed by atoms with Gasteiger partial charge in [-0.1, -0.05) is 12.8 Å². The summed E-state index contributed by atoms with van der Waals surface area (Å²) in [6.45, 7) is 3.20. The molecule has 1 N–H and O–H groups in total. The van der Waals surface area contributed by atoms with E-state index in [2.05, 4.69) is 17.1 Å². The van der Waals surface area contributed by atoms with E-state index in [1.54, 1.807) is 0 Å². The van der Waals surface area contributed by atoms with Gasteiger partial charge in [-0.3, -0.25) is 0 Å². The van der Waals surface area contributed by atoms with E-state index in [0.29, 0.717) is 6.04 Å². The normalized spacial score (nSPS) is 17.8. The third-order valence-corrected chi connectivity index (χ3v) is 3.02. The van der Waals surface area contributed by atoms with Gasteiger partial charge in [0.05, 0.1) is 0 Å². The lowest BCUT2D eigenvalue weighted by Crippen LogP contribution is -2.43. The van der Waals surface area contributed by atoms with E-state index in [4.69, 9.17) is 12.2 Å². The second-order valence-corrected chi connectivity index (χ2v) is 3.67. The van der Waals surface area contributed by atoms with Crippen molar-refractivity contribution in [2.45, 2.75) is 38.6 Å². The highest BCUT2D eigenvalue weighted by molar-refractivity contribution is 7.80. The summed E-state index contributed by atoms with van der Waals surface area (Å²) in [6, 6.07) is 0.704. The molecule has 0 saturated heterocycles. The smallest absolute Gasteiger partial charge is 0.168 e. The van der Waals surface area contributed by atoms with E-state index >= 15 is 0 Å². The van der Waals surface area contributed by atoms with E-state index in [1.165, 1.54) is 25.7 Å². The lowest BCUT2D eigenvalue weighted by molar-refractivity contribution is 0.326. The van der Waals surface area contributed by atoms with Gasteiger partial charge in [0.25, 0.3) is 0 Å². The summed E-state index contributed by atoms with van der Waals surface area (Å²) in [7, 11) is 1.90. The van der Waals surface area contributed by atoms with Crippen LogP contribution in [0.25, 0.3) is 0 Å². The van der Waals surface area contributed by atoms with E-state index in [1.807, 2.05) is 7.05 Å². The molecular formula is C9H18N2S. The van der Waals surface area contributed by atoms with Crippen molar-refractivity contribution in [2.24, 2.45) is 0 Å². The van der Waals surface area contributed by atoms with Gasteiger partial charge in [-0.25, -0.2) is 0 Å². The van der Waals surface area contributed by atoms with Crippen molar-refractivity contribution in [3.8, 4) is 0 Å². The number of rotatable bonds is 2. The van der Waals surface area contributed by atoms with E-state index in [-0.39, 0.29) is 0 Å². The summed E-state index contributed by atoms with van der Waals surface area (Å²) in [6.07, 6.45) is 5.37. The number of nitrogens with one attached hydrogen (secondary N) is 1. The Kier molecular flexibility index (Phi) is 3.79. The maximum atomic E-state index is 5.23. The summed E-state index contributed by atoms with van der Waals surface area (Å²) < 4.78 is 0. The van der Waals surface area contributed by atoms with Crippen LogP contribution in [0.2, 0.25) is 0 Å². The highest BCUT2D eigenvalue weighted by atomic mass is 32.1. The third kappa shape index (κ3) is 2.09. The fraction of sp³-hybridized carbons (Fsp3) is 0.889. The zero-order valence-electron chi connectivity index (χ0n) is 7.97. The second kappa shape index (κ2) is 4.65. The first-order valence-corrected chi connectivity index (χ1v) is 5.18. The zero-order valence-corrected chi connectivity index (χ0v) is 8.78. The standard InChI is InChI=1S/C9H18N2S/c1-3-11(9(12)10-2)8-6-4-5-7-8/h8H,3-7H2,1-2H3,(H,10,12). The Bertz CT molecular complexity index is 153. The number of hydrogen-bond donors (Lipinski definition) is 1. The lowest BCUT2D eigenvalue weighted by atomic mass is 10.2. The van der Waals surface area contributed by atoms with E-state index in [9.17, 15) is 0 Å². The van der Waals surface area contributed by atoms with Crippen LogP contribution in [0, 0.1) is 0 Å². The lowest BCUT2D eigenvalue weighted by Gasteiger charge is -2.29. The predicted octanol–water partition coefficient (Wildman–Crippen LogP) is 1.76. The predicted molar refractivity (Wildman–Crippen MR) is 56.3 cm³/mol. The highest BCUT2D eigenvalue weighted by Crippen LogP contribution is 2.23. The first-order chi connectivity index (χ1) is 5.79. The molecule has 0 heterocycles. The minimum Gasteiger partial charge on any atom is -0.366 e. The van der Waals surface area contributed by atoms with Crippen LogP contribution in [0.15, 0.2) is 0 Å². The van der Waals surface area contributed by atoms with Gasteiger partial charge >= 0.3 is 0 Å². The Morgan fingerprint density at radius 1 is 1.50 bits per heavy atom. The van der Waals surface area contributed by atoms with Gasteiger partial charge in [0.15, 0.2) is 5.11 Å². The maximum Gasteiger partial charge on any atom is 0.168 e. The molecule has 0 unspecified atom stereocenters. The number of thiocarbonyl (C=S) groups is 1. The van der Waals surface area contributed by atoms with Crippen molar-refractivity contribution in [1.29, 1.82) is 0 Å². The van der Waals surface area contributed by atoms with Gasteiger partial charge in [-0.15, -0.1) is 0 Å². The molecule has 70 valence electrons. The third-order valence-electron chi connectivity index (χ3n) is 2.58. The molecule has 0 amide bonds. The molecule has 0 aromatic carbocycles. The molecule has 2 nitrogen and oxygen atoms in total. The van der Waals surface area contributed by atoms with Crippen molar-refractivity contribution < 1.29 is 0 Å². The fourth-order valence-electron chi connectivity index (χ4n) is 1.93. The number of nitrogens with zero attached hydrogens (tertiary/aromatic N) is 1. The Morgan fingerprint density at radius 3 is 2.50 bits per heavy atom. The molecule has 0 aromatic rings. The molecule has 1 aliphatic carbocycles. The molecule has 0 aromatic heterocycles. The highest BCUT2D eigenvalue weighted by Gasteiger charge is 2.22. The van der Waals surface area contributed by atoms with Gasteiger partial charge in [-0.05, 0) is 32.0 Å². The summed E-state index contributed by atoms with van der Waals surface area (Å²) in [5, 5.41) is 3.96. The molecule has 12 heavy (non-hydrogen) atoms. The van der Waals surface area contributed by atoms with Crippen LogP contribution in [-0.2, 0) is 0 Å². The average molecular weight is 186 g/mol. The molecule has 0 radical (unpaired) electrons. The Balaban J connectivity index is 2.48. The van der Waals surface area contributed by atoms with Crippen molar-refractivity contribution in [2.75, 3.05) is 13.6 Å². The quantitative estimate of drug-likeness (QED) is 0.662. The molecular weight excluding hydrogens is 168 g/mol. The van der Waals surface area contributed by atoms with Crippen LogP contribution in [0.4, 0.5) is 0 Å². The van der Waals surface area contributed by atoms with Crippen LogP contribution < -0.4 is 5.32 Å². The second-order valence-electron chi connectivity index (χ2n) is 3.28. The van der Waals surface area contributed by atoms with Gasteiger partial charge in [0.1, 0.15) is 0 Å². The van der Waals surface area contributed by atoms with Crippen LogP contribution >= 0.6 is 12.2 Å². The molecule has 0 aliphatic heterocycles. The Morgan fingerprint density at radius 2 is 2.08 bits per heavy atom. The largest absolute Gasteiger partial charge is 0.366 e. The van der Waals surface area contributed by atoms with E-state index < -0.39 is 0 Å². The fourth-order valence-corrected chi connectivity index (χ4v) is 2.21. The first kappa shape index (κ1) is 9.78. The average Bonchev–Trinajstić information content (AvgIpc) is 2.58. The molecule has 0 atom stereocenters. The molecule has 1 rings (SSSR count). The maximum absolute atomic E-state index is 5.23. The summed E-state index contributed by atoms with van der Waals surface area (Å²) in [5.41, 5.74) is 0. The van der Waals surface area contributed by atoms with Crippen LogP contribution in [0.5, 0.6) is 0 Å². The number of hydrogen-bond acceptors (Lipinski definition) is 1. The molecule has 1 saturated carbocycles. The topological polar surface area (TPSA) is 15.3 Å². The first-order valence-electron chi connectivity index (χ1n) is 4.78. The van der Waals surface area contributed by atoms with Crippen LogP contribution in [0.3, 0.4) is 0 Å². The molecule has 1 fully saturated rings. The van der Waals surface area contributed by atoms with Crippen molar-refractivity contribution in [3.63, 3.8) is 0 Å². The molecule has 3 heteroatoms. The summed E-state index contributed by atoms with van der Waals surface area (Å²) in [5.74, 6) is 0. The van der Waals surface area contributed by atoms with E-state index in [0.717, 1.165) is 11.7 Å². The van der Waals surface area contributed by atoms with Gasteiger partial charge in [0, 0.05) is 19.6 Å². The minimum absolute atomic E-state index is 0.704. The van der Waals surface area contributed by atoms with Crippen molar-refractivity contribution >= 4 is 17.3 Å². The summed E-state index contributed by atoms with van der Waals surface area (Å²) >= 11 is 5.23. The van der Waals surface area contributed by atoms with Crippen LogP contribution in [-0.4, -0.2) is 29.6 Å². The molecule has 1 aliphatic rings. The summed E-state index contributed by atoms with van der Waals surface area (Å²) in [4.78, 5) is 2.31. The van der Waals surface area contributed by atoms with Crippen molar-refractivity contribution in [3.05, 3.63) is 0 Å². The Hall–Kier alpha value is -0.310. The zero-order chi connectivity index (χ0) is 8.97. The van der Waals surface area contributed by atoms with Gasteiger partial charge in [0.2, 0.25) is 0 Å². The monoisotopic (exact) mass is 186 g/mol. The Labute approximate surface area is 80.3 Å². The molecule has 0 bridgehead atoms. The SMILES string of the molecule is CCN(C(=S)NC)C1CCCC1. The molecule has 0 spiro atoms.